The third-order valence-corrected chi connectivity index (χ3v) is 4.71. The first kappa shape index (κ1) is 13.3. The second-order valence-electron chi connectivity index (χ2n) is 5.91. The van der Waals surface area contributed by atoms with Crippen molar-refractivity contribution in [2.75, 3.05) is 20.2 Å². The highest BCUT2D eigenvalue weighted by Crippen LogP contribution is 2.58. The van der Waals surface area contributed by atoms with Crippen LogP contribution in [0.3, 0.4) is 0 Å². The van der Waals surface area contributed by atoms with E-state index in [-0.39, 0.29) is 23.3 Å². The van der Waals surface area contributed by atoms with Crippen molar-refractivity contribution in [1.29, 1.82) is 5.26 Å². The molecule has 2 fully saturated rings. The van der Waals surface area contributed by atoms with Crippen molar-refractivity contribution in [3.8, 4) is 6.07 Å². The number of hydrogen-bond acceptors (Lipinski definition) is 4. The summed E-state index contributed by atoms with van der Waals surface area (Å²) in [5.41, 5.74) is 5.24. The standard InChI is InChI=1S/C13H21N3O2/c1-12(2)10-9(5-8-18-10)13(12,15)11(17)16(3)7-4-6-14/h9-10H,4-5,7-8,15H2,1-3H3. The Bertz CT molecular complexity index is 402. The number of rotatable bonds is 3. The fourth-order valence-corrected chi connectivity index (χ4v) is 3.45. The molecule has 0 aromatic rings. The summed E-state index contributed by atoms with van der Waals surface area (Å²) in [6, 6.07) is 2.05. The number of ether oxygens (including phenoxy) is 1. The van der Waals surface area contributed by atoms with Gasteiger partial charge in [-0.1, -0.05) is 13.8 Å². The molecule has 1 aliphatic carbocycles. The quantitative estimate of drug-likeness (QED) is 0.792. The number of nitrogens with two attached hydrogens (primary N) is 1. The van der Waals surface area contributed by atoms with Gasteiger partial charge in [0, 0.05) is 31.5 Å². The maximum atomic E-state index is 12.5. The number of nitriles is 1. The summed E-state index contributed by atoms with van der Waals surface area (Å²) in [5.74, 6) is 0.0547. The second-order valence-corrected chi connectivity index (χ2v) is 5.91. The molecule has 0 aromatic carbocycles. The van der Waals surface area contributed by atoms with Crippen LogP contribution in [0.4, 0.5) is 0 Å². The van der Waals surface area contributed by atoms with Crippen LogP contribution in [0, 0.1) is 22.7 Å². The van der Waals surface area contributed by atoms with E-state index in [9.17, 15) is 4.79 Å². The molecule has 3 unspecified atom stereocenters. The largest absolute Gasteiger partial charge is 0.377 e. The molecule has 18 heavy (non-hydrogen) atoms. The molecule has 2 rings (SSSR count). The topological polar surface area (TPSA) is 79.4 Å². The van der Waals surface area contributed by atoms with E-state index in [1.807, 2.05) is 19.9 Å². The molecule has 1 saturated heterocycles. The molecule has 5 nitrogen and oxygen atoms in total. The van der Waals surface area contributed by atoms with E-state index < -0.39 is 5.54 Å². The molecule has 1 heterocycles. The van der Waals surface area contributed by atoms with Crippen LogP contribution < -0.4 is 5.73 Å². The van der Waals surface area contributed by atoms with Crippen LogP contribution in [0.25, 0.3) is 0 Å². The van der Waals surface area contributed by atoms with Crippen LogP contribution in [0.15, 0.2) is 0 Å². The Morgan fingerprint density at radius 3 is 2.89 bits per heavy atom. The van der Waals surface area contributed by atoms with E-state index in [2.05, 4.69) is 0 Å². The number of carbonyl (C=O) groups excluding carboxylic acids is 1. The first-order chi connectivity index (χ1) is 8.37. The molecular formula is C13H21N3O2. The molecule has 0 radical (unpaired) electrons. The smallest absolute Gasteiger partial charge is 0.243 e. The van der Waals surface area contributed by atoms with Crippen LogP contribution in [0.1, 0.15) is 26.7 Å². The van der Waals surface area contributed by atoms with Crippen molar-refractivity contribution in [3.63, 3.8) is 0 Å². The summed E-state index contributed by atoms with van der Waals surface area (Å²) >= 11 is 0. The second kappa shape index (κ2) is 4.22. The van der Waals surface area contributed by atoms with Gasteiger partial charge in [-0.15, -0.1) is 0 Å². The lowest BCUT2D eigenvalue weighted by molar-refractivity contribution is -0.183. The Morgan fingerprint density at radius 2 is 2.28 bits per heavy atom. The van der Waals surface area contributed by atoms with Crippen molar-refractivity contribution >= 4 is 5.91 Å². The Kier molecular flexibility index (Phi) is 3.12. The summed E-state index contributed by atoms with van der Waals surface area (Å²) in [6.45, 7) is 5.11. The predicted molar refractivity (Wildman–Crippen MR) is 66.4 cm³/mol. The molecule has 0 aromatic heterocycles. The van der Waals surface area contributed by atoms with E-state index in [1.54, 1.807) is 11.9 Å². The third-order valence-electron chi connectivity index (χ3n) is 4.71. The van der Waals surface area contributed by atoms with Crippen molar-refractivity contribution in [2.45, 2.75) is 38.3 Å². The van der Waals surface area contributed by atoms with Crippen LogP contribution in [-0.4, -0.2) is 42.6 Å². The zero-order chi connectivity index (χ0) is 13.6. The first-order valence-corrected chi connectivity index (χ1v) is 6.40. The van der Waals surface area contributed by atoms with Gasteiger partial charge in [0.25, 0.3) is 0 Å². The minimum absolute atomic E-state index is 0.0606. The zero-order valence-electron chi connectivity index (χ0n) is 11.3. The highest BCUT2D eigenvalue weighted by atomic mass is 16.5. The molecule has 0 bridgehead atoms. The molecule has 1 amide bonds. The van der Waals surface area contributed by atoms with Gasteiger partial charge in [-0.25, -0.2) is 0 Å². The van der Waals surface area contributed by atoms with Gasteiger partial charge in [-0.2, -0.15) is 5.26 Å². The Labute approximate surface area is 108 Å². The summed E-state index contributed by atoms with van der Waals surface area (Å²) in [4.78, 5) is 14.1. The van der Waals surface area contributed by atoms with Gasteiger partial charge in [-0.3, -0.25) is 4.79 Å². The number of amides is 1. The van der Waals surface area contributed by atoms with Crippen LogP contribution in [0.2, 0.25) is 0 Å². The highest BCUT2D eigenvalue weighted by Gasteiger charge is 2.71. The lowest BCUT2D eigenvalue weighted by Gasteiger charge is -2.61. The summed E-state index contributed by atoms with van der Waals surface area (Å²) in [7, 11) is 1.72. The molecule has 3 atom stereocenters. The van der Waals surface area contributed by atoms with E-state index in [4.69, 9.17) is 15.7 Å². The van der Waals surface area contributed by atoms with Crippen molar-refractivity contribution in [1.82, 2.24) is 4.90 Å². The molecule has 2 aliphatic rings. The predicted octanol–water partition coefficient (Wildman–Crippen LogP) is 0.501. The summed E-state index contributed by atoms with van der Waals surface area (Å²) in [5, 5.41) is 8.58. The van der Waals surface area contributed by atoms with Gasteiger partial charge >= 0.3 is 0 Å². The van der Waals surface area contributed by atoms with E-state index in [0.29, 0.717) is 19.6 Å². The number of fused-ring (bicyclic) bond motifs is 1. The molecule has 2 N–H and O–H groups in total. The maximum Gasteiger partial charge on any atom is 0.243 e. The van der Waals surface area contributed by atoms with Crippen molar-refractivity contribution in [3.05, 3.63) is 0 Å². The van der Waals surface area contributed by atoms with Gasteiger partial charge < -0.3 is 15.4 Å². The minimum Gasteiger partial charge on any atom is -0.377 e. The SMILES string of the molecule is CN(CCC#N)C(=O)C1(N)C2CCOC2C1(C)C. The highest BCUT2D eigenvalue weighted by molar-refractivity contribution is 5.89. The molecule has 0 spiro atoms. The van der Waals surface area contributed by atoms with Crippen LogP contribution in [0.5, 0.6) is 0 Å². The fourth-order valence-electron chi connectivity index (χ4n) is 3.45. The van der Waals surface area contributed by atoms with Crippen LogP contribution in [-0.2, 0) is 9.53 Å². The Balaban J connectivity index is 2.16. The first-order valence-electron chi connectivity index (χ1n) is 6.40. The fraction of sp³-hybridized carbons (Fsp3) is 0.846. The van der Waals surface area contributed by atoms with Crippen molar-refractivity contribution in [2.24, 2.45) is 17.1 Å². The van der Waals surface area contributed by atoms with Crippen molar-refractivity contribution < 1.29 is 9.53 Å². The van der Waals surface area contributed by atoms with E-state index in [0.717, 1.165) is 6.42 Å². The minimum atomic E-state index is -0.849. The Morgan fingerprint density at radius 1 is 1.61 bits per heavy atom. The normalized spacial score (nSPS) is 36.4. The average Bonchev–Trinajstić information content (AvgIpc) is 2.81. The van der Waals surface area contributed by atoms with Gasteiger partial charge in [0.05, 0.1) is 18.6 Å². The van der Waals surface area contributed by atoms with Gasteiger partial charge in [0.2, 0.25) is 5.91 Å². The van der Waals surface area contributed by atoms with Gasteiger partial charge in [-0.05, 0) is 6.42 Å². The average molecular weight is 251 g/mol. The molecule has 1 aliphatic heterocycles. The molecule has 5 heteroatoms. The molecule has 1 saturated carbocycles. The van der Waals surface area contributed by atoms with Gasteiger partial charge in [0.1, 0.15) is 5.54 Å². The number of carbonyl (C=O) groups is 1. The number of hydrogen-bond donors (Lipinski definition) is 1. The number of nitrogens with zero attached hydrogens (tertiary/aromatic N) is 2. The lowest BCUT2D eigenvalue weighted by atomic mass is 9.47. The van der Waals surface area contributed by atoms with E-state index >= 15 is 0 Å². The molecular weight excluding hydrogens is 230 g/mol. The van der Waals surface area contributed by atoms with E-state index in [1.165, 1.54) is 0 Å². The third kappa shape index (κ3) is 1.49. The zero-order valence-corrected chi connectivity index (χ0v) is 11.3. The van der Waals surface area contributed by atoms with Crippen LogP contribution >= 0.6 is 0 Å². The lowest BCUT2D eigenvalue weighted by Crippen LogP contribution is -2.80. The molecule has 100 valence electrons. The summed E-state index contributed by atoms with van der Waals surface area (Å²) in [6.07, 6.45) is 1.28. The summed E-state index contributed by atoms with van der Waals surface area (Å²) < 4.78 is 5.67. The van der Waals surface area contributed by atoms with Gasteiger partial charge in [0.15, 0.2) is 0 Å². The monoisotopic (exact) mass is 251 g/mol. The number of likely N-dealkylation sites (N-methyl/N-ethyl adjacent to an activating group) is 1. The maximum absolute atomic E-state index is 12.5. The Hall–Kier alpha value is -1.12.